The Balaban J connectivity index is 0.977. The van der Waals surface area contributed by atoms with E-state index in [1.54, 1.807) is 0 Å². The highest BCUT2D eigenvalue weighted by Gasteiger charge is 2.64. The van der Waals surface area contributed by atoms with Gasteiger partial charge in [0.25, 0.3) is 0 Å². The van der Waals surface area contributed by atoms with Crippen LogP contribution in [0.2, 0.25) is 0 Å². The fraction of sp³-hybridized carbons (Fsp3) is 0.907. The van der Waals surface area contributed by atoms with E-state index in [-0.39, 0.29) is 11.9 Å². The van der Waals surface area contributed by atoms with Gasteiger partial charge in [0.15, 0.2) is 0 Å². The molecule has 10 bridgehead atoms. The van der Waals surface area contributed by atoms with Gasteiger partial charge >= 0.3 is 23.9 Å². The zero-order valence-corrected chi connectivity index (χ0v) is 31.5. The minimum Gasteiger partial charge on any atom is -0.459 e. The van der Waals surface area contributed by atoms with Gasteiger partial charge < -0.3 is 24.1 Å². The number of carbonyl (C=O) groups is 4. The van der Waals surface area contributed by atoms with Gasteiger partial charge in [-0.25, -0.2) is 0 Å². The summed E-state index contributed by atoms with van der Waals surface area (Å²) < 4.78 is 25.4. The van der Waals surface area contributed by atoms with E-state index in [1.807, 2.05) is 6.92 Å². The van der Waals surface area contributed by atoms with Gasteiger partial charge in [0.1, 0.15) is 11.2 Å². The van der Waals surface area contributed by atoms with Crippen LogP contribution in [0.4, 0.5) is 0 Å². The molecule has 12 rings (SSSR count). The van der Waals surface area contributed by atoms with E-state index in [1.165, 1.54) is 12.8 Å². The number of hydrogen-bond acceptors (Lipinski definition) is 9. The second-order valence-corrected chi connectivity index (χ2v) is 20.7. The van der Waals surface area contributed by atoms with Crippen molar-refractivity contribution >= 4 is 23.9 Å². The Hall–Kier alpha value is -2.00. The fourth-order valence-corrected chi connectivity index (χ4v) is 16.1. The highest BCUT2D eigenvalue weighted by atomic mass is 16.6. The largest absolute Gasteiger partial charge is 0.459 e. The first kappa shape index (κ1) is 34.5. The van der Waals surface area contributed by atoms with Gasteiger partial charge in [0, 0.05) is 18.9 Å². The zero-order chi connectivity index (χ0) is 35.9. The Morgan fingerprint density at radius 2 is 1.42 bits per heavy atom. The molecular formula is C43H60O9. The van der Waals surface area contributed by atoms with Crippen LogP contribution in [0.5, 0.6) is 0 Å². The Bertz CT molecular complexity index is 1470. The SMILES string of the molecule is CC(C(=O)OC12CC3CC(CC(O)(C3)C1)C2)C(C(=O)OC1(C)C2CC3CC(C2)CC1C3)C1CCCOC1C1C(=O)OC(=O)C1C1C2CCC(C2)C1C. The Morgan fingerprint density at radius 3 is 2.06 bits per heavy atom. The molecule has 0 aromatic carbocycles. The molecule has 12 aliphatic rings. The fourth-order valence-electron chi connectivity index (χ4n) is 16.1. The maximum atomic E-state index is 15.1. The average molecular weight is 721 g/mol. The monoisotopic (exact) mass is 720 g/mol. The van der Waals surface area contributed by atoms with Crippen molar-refractivity contribution in [2.45, 2.75) is 146 Å². The number of fused-ring (bicyclic) bond motifs is 2. The van der Waals surface area contributed by atoms with Crippen molar-refractivity contribution in [2.24, 2.45) is 88.8 Å². The molecule has 52 heavy (non-hydrogen) atoms. The van der Waals surface area contributed by atoms with Crippen LogP contribution in [0.15, 0.2) is 0 Å². The minimum atomic E-state index is -0.898. The number of cyclic esters (lactones) is 2. The summed E-state index contributed by atoms with van der Waals surface area (Å²) in [6.07, 6.45) is 14.1. The molecule has 12 fully saturated rings. The van der Waals surface area contributed by atoms with Gasteiger partial charge in [-0.05, 0) is 162 Å². The third-order valence-corrected chi connectivity index (χ3v) is 17.7. The molecule has 1 N–H and O–H groups in total. The molecule has 12 atom stereocenters. The second-order valence-electron chi connectivity index (χ2n) is 20.7. The molecule has 0 spiro atoms. The van der Waals surface area contributed by atoms with E-state index < -0.39 is 70.4 Å². The van der Waals surface area contributed by atoms with Crippen molar-refractivity contribution < 1.29 is 43.2 Å². The van der Waals surface area contributed by atoms with Crippen LogP contribution in [0, 0.1) is 88.8 Å². The molecule has 12 unspecified atom stereocenters. The van der Waals surface area contributed by atoms with E-state index in [0.717, 1.165) is 70.6 Å². The molecule has 0 amide bonds. The van der Waals surface area contributed by atoms with Crippen LogP contribution < -0.4 is 0 Å². The number of rotatable bonds is 8. The third-order valence-electron chi connectivity index (χ3n) is 17.7. The predicted molar refractivity (Wildman–Crippen MR) is 187 cm³/mol. The van der Waals surface area contributed by atoms with Crippen molar-refractivity contribution in [1.82, 2.24) is 0 Å². The average Bonchev–Trinajstić information content (AvgIpc) is 3.75. The molecule has 0 radical (unpaired) electrons. The summed E-state index contributed by atoms with van der Waals surface area (Å²) in [4.78, 5) is 57.2. The lowest BCUT2D eigenvalue weighted by Gasteiger charge is -2.59. The molecule has 0 aromatic heterocycles. The summed E-state index contributed by atoms with van der Waals surface area (Å²) in [5, 5.41) is 11.5. The highest BCUT2D eigenvalue weighted by molar-refractivity contribution is 5.97. The highest BCUT2D eigenvalue weighted by Crippen LogP contribution is 2.62. The molecule has 10 aliphatic carbocycles. The number of aliphatic hydroxyl groups is 1. The number of ether oxygens (including phenoxy) is 4. The van der Waals surface area contributed by atoms with E-state index >= 15 is 4.79 Å². The first-order valence-corrected chi connectivity index (χ1v) is 21.4. The first-order valence-electron chi connectivity index (χ1n) is 21.4. The minimum absolute atomic E-state index is 0.0514. The summed E-state index contributed by atoms with van der Waals surface area (Å²) in [6.45, 7) is 6.60. The van der Waals surface area contributed by atoms with Crippen LogP contribution in [0.3, 0.4) is 0 Å². The smallest absolute Gasteiger partial charge is 0.320 e. The lowest BCUT2D eigenvalue weighted by atomic mass is 9.50. The lowest BCUT2D eigenvalue weighted by Crippen LogP contribution is -2.61. The molecule has 2 heterocycles. The normalized spacial score (nSPS) is 53.6. The quantitative estimate of drug-likeness (QED) is 0.172. The van der Waals surface area contributed by atoms with Crippen LogP contribution >= 0.6 is 0 Å². The van der Waals surface area contributed by atoms with Crippen molar-refractivity contribution in [1.29, 1.82) is 0 Å². The van der Waals surface area contributed by atoms with Crippen molar-refractivity contribution in [3.05, 3.63) is 0 Å². The standard InChI is InChI=1S/C43H60O9/c1-21-27-6-7-28(15-27)32(21)34-35(39(46)50-38(34)45)36-31(5-4-8-49-36)33(40(47)51-41(3)29-11-23-9-24(13-29)14-30(41)12-23)22(2)37(44)52-43-18-25-10-26(19-43)17-42(48,16-25)20-43/h21-36,48H,4-20H2,1-3H3. The van der Waals surface area contributed by atoms with Crippen LogP contribution in [0.25, 0.3) is 0 Å². The number of hydrogen-bond donors (Lipinski definition) is 1. The summed E-state index contributed by atoms with van der Waals surface area (Å²) in [5.74, 6) is -1.41. The van der Waals surface area contributed by atoms with E-state index in [0.29, 0.717) is 79.1 Å². The lowest BCUT2D eigenvalue weighted by molar-refractivity contribution is -0.228. The summed E-state index contributed by atoms with van der Waals surface area (Å²) in [7, 11) is 0. The molecule has 2 aliphatic heterocycles. The summed E-state index contributed by atoms with van der Waals surface area (Å²) in [6, 6.07) is 0. The van der Waals surface area contributed by atoms with E-state index in [4.69, 9.17) is 18.9 Å². The second kappa shape index (κ2) is 12.0. The number of esters is 4. The van der Waals surface area contributed by atoms with Gasteiger partial charge in [0.2, 0.25) is 0 Å². The molecule has 9 heteroatoms. The van der Waals surface area contributed by atoms with E-state index in [9.17, 15) is 19.5 Å². The molecule has 10 saturated carbocycles. The van der Waals surface area contributed by atoms with Crippen LogP contribution in [0.1, 0.15) is 124 Å². The predicted octanol–water partition coefficient (Wildman–Crippen LogP) is 6.42. The zero-order valence-electron chi connectivity index (χ0n) is 31.5. The van der Waals surface area contributed by atoms with Crippen molar-refractivity contribution in [2.75, 3.05) is 6.61 Å². The Morgan fingerprint density at radius 1 is 0.788 bits per heavy atom. The molecule has 2 saturated heterocycles. The summed E-state index contributed by atoms with van der Waals surface area (Å²) >= 11 is 0. The molecule has 0 aromatic rings. The maximum Gasteiger partial charge on any atom is 0.320 e. The van der Waals surface area contributed by atoms with Gasteiger partial charge in [-0.3, -0.25) is 19.2 Å². The van der Waals surface area contributed by atoms with E-state index in [2.05, 4.69) is 13.8 Å². The van der Waals surface area contributed by atoms with Crippen molar-refractivity contribution in [3.8, 4) is 0 Å². The Kier molecular flexibility index (Phi) is 7.96. The molecule has 9 nitrogen and oxygen atoms in total. The van der Waals surface area contributed by atoms with Crippen LogP contribution in [-0.4, -0.2) is 58.5 Å². The third kappa shape index (κ3) is 5.26. The summed E-state index contributed by atoms with van der Waals surface area (Å²) in [5.41, 5.74) is -2.09. The van der Waals surface area contributed by atoms with Gasteiger partial charge in [-0.1, -0.05) is 13.8 Å². The van der Waals surface area contributed by atoms with Gasteiger partial charge in [-0.15, -0.1) is 0 Å². The maximum absolute atomic E-state index is 15.1. The van der Waals surface area contributed by atoms with Gasteiger partial charge in [-0.2, -0.15) is 0 Å². The Labute approximate surface area is 308 Å². The van der Waals surface area contributed by atoms with Crippen molar-refractivity contribution in [3.63, 3.8) is 0 Å². The first-order chi connectivity index (χ1) is 24.8. The molecule has 286 valence electrons. The van der Waals surface area contributed by atoms with Crippen LogP contribution in [-0.2, 0) is 38.1 Å². The van der Waals surface area contributed by atoms with Gasteiger partial charge in [0.05, 0.1) is 35.4 Å². The topological polar surface area (TPSA) is 125 Å². The number of carbonyl (C=O) groups excluding carboxylic acids is 4. The molecular weight excluding hydrogens is 660 g/mol.